The second kappa shape index (κ2) is 6.48. The smallest absolute Gasteiger partial charge is 0.329 e. The molecule has 0 aliphatic heterocycles. The molecule has 2 N–H and O–H groups in total. The van der Waals surface area contributed by atoms with Crippen molar-refractivity contribution in [3.8, 4) is 0 Å². The average Bonchev–Trinajstić information content (AvgIpc) is 2.21. The molecule has 1 amide bonds. The van der Waals surface area contributed by atoms with Crippen molar-refractivity contribution >= 4 is 11.9 Å². The lowest BCUT2D eigenvalue weighted by Gasteiger charge is -2.26. The van der Waals surface area contributed by atoms with Crippen molar-refractivity contribution in [3.63, 3.8) is 0 Å². The molecule has 5 heteroatoms. The van der Waals surface area contributed by atoms with Crippen LogP contribution in [0, 0.1) is 5.92 Å². The highest BCUT2D eigenvalue weighted by atomic mass is 16.5. The van der Waals surface area contributed by atoms with Gasteiger partial charge in [0.1, 0.15) is 13.2 Å². The molecule has 1 fully saturated rings. The van der Waals surface area contributed by atoms with Crippen LogP contribution in [-0.2, 0) is 14.3 Å². The summed E-state index contributed by atoms with van der Waals surface area (Å²) in [5, 5.41) is 11.2. The van der Waals surface area contributed by atoms with Crippen molar-refractivity contribution in [1.82, 2.24) is 5.32 Å². The molecule has 0 unspecified atom stereocenters. The van der Waals surface area contributed by atoms with Crippen LogP contribution < -0.4 is 5.32 Å². The highest BCUT2D eigenvalue weighted by Gasteiger charge is 2.19. The third-order valence-corrected chi connectivity index (χ3v) is 2.84. The number of hydrogen-bond donors (Lipinski definition) is 2. The Balaban J connectivity index is 2.11. The monoisotopic (exact) mass is 229 g/mol. The number of amides is 1. The molecular formula is C11H19NO4. The summed E-state index contributed by atoms with van der Waals surface area (Å²) in [6.45, 7) is 1.63. The third-order valence-electron chi connectivity index (χ3n) is 2.84. The lowest BCUT2D eigenvalue weighted by atomic mass is 9.87. The van der Waals surface area contributed by atoms with Crippen LogP contribution in [0.5, 0.6) is 0 Å². The predicted octanol–water partition coefficient (Wildman–Crippen LogP) is 0.782. The zero-order chi connectivity index (χ0) is 12.0. The molecule has 1 aliphatic rings. The fourth-order valence-electron chi connectivity index (χ4n) is 1.90. The van der Waals surface area contributed by atoms with Crippen molar-refractivity contribution in [2.75, 3.05) is 13.2 Å². The highest BCUT2D eigenvalue weighted by molar-refractivity contribution is 5.78. The molecule has 92 valence electrons. The molecule has 5 nitrogen and oxygen atoms in total. The van der Waals surface area contributed by atoms with Gasteiger partial charge in [0.05, 0.1) is 0 Å². The molecule has 0 radical (unpaired) electrons. The fraction of sp³-hybridized carbons (Fsp3) is 0.818. The topological polar surface area (TPSA) is 75.6 Å². The fourth-order valence-corrected chi connectivity index (χ4v) is 1.90. The number of nitrogens with one attached hydrogen (secondary N) is 1. The summed E-state index contributed by atoms with van der Waals surface area (Å²) in [5.74, 6) is -0.531. The zero-order valence-corrected chi connectivity index (χ0v) is 9.57. The standard InChI is InChI=1S/C11H19NO4/c1-8-2-4-9(5-3-8)12-10(13)6-16-7-11(14)15/h8-9H,2-7H2,1H3,(H,12,13)(H,14,15). The Morgan fingerprint density at radius 2 is 1.88 bits per heavy atom. The van der Waals surface area contributed by atoms with Crippen molar-refractivity contribution in [2.45, 2.75) is 38.6 Å². The summed E-state index contributed by atoms with van der Waals surface area (Å²) in [6, 6.07) is 0.233. The van der Waals surface area contributed by atoms with E-state index in [9.17, 15) is 9.59 Å². The molecule has 0 atom stereocenters. The number of aliphatic carboxylic acids is 1. The second-order valence-electron chi connectivity index (χ2n) is 4.41. The SMILES string of the molecule is CC1CCC(NC(=O)COCC(=O)O)CC1. The minimum absolute atomic E-state index is 0.168. The molecule has 0 bridgehead atoms. The predicted molar refractivity (Wildman–Crippen MR) is 58.0 cm³/mol. The molecule has 1 aliphatic carbocycles. The van der Waals surface area contributed by atoms with E-state index in [2.05, 4.69) is 12.2 Å². The van der Waals surface area contributed by atoms with Gasteiger partial charge in [-0.3, -0.25) is 4.79 Å². The number of carboxylic acids is 1. The number of carboxylic acid groups (broad SMARTS) is 1. The first-order chi connectivity index (χ1) is 7.58. The summed E-state index contributed by atoms with van der Waals surface area (Å²) >= 11 is 0. The van der Waals surface area contributed by atoms with E-state index in [1.807, 2.05) is 0 Å². The lowest BCUT2D eigenvalue weighted by molar-refractivity contribution is -0.143. The molecular weight excluding hydrogens is 210 g/mol. The normalized spacial score (nSPS) is 25.1. The number of carbonyl (C=O) groups is 2. The first-order valence-corrected chi connectivity index (χ1v) is 5.67. The molecule has 1 rings (SSSR count). The minimum Gasteiger partial charge on any atom is -0.480 e. The Hall–Kier alpha value is -1.10. The van der Waals surface area contributed by atoms with Crippen molar-refractivity contribution in [3.05, 3.63) is 0 Å². The van der Waals surface area contributed by atoms with Crippen molar-refractivity contribution in [2.24, 2.45) is 5.92 Å². The molecule has 1 saturated carbocycles. The zero-order valence-electron chi connectivity index (χ0n) is 9.57. The van der Waals surface area contributed by atoms with E-state index in [0.717, 1.165) is 31.6 Å². The van der Waals surface area contributed by atoms with Gasteiger partial charge in [-0.1, -0.05) is 6.92 Å². The van der Waals surface area contributed by atoms with Gasteiger partial charge < -0.3 is 15.2 Å². The van der Waals surface area contributed by atoms with Crippen LogP contribution in [0.1, 0.15) is 32.6 Å². The van der Waals surface area contributed by atoms with Gasteiger partial charge in [0.15, 0.2) is 0 Å². The Morgan fingerprint density at radius 1 is 1.25 bits per heavy atom. The minimum atomic E-state index is -1.06. The van der Waals surface area contributed by atoms with Crippen LogP contribution in [-0.4, -0.2) is 36.2 Å². The van der Waals surface area contributed by atoms with Gasteiger partial charge >= 0.3 is 5.97 Å². The van der Waals surface area contributed by atoms with Crippen LogP contribution in [0.2, 0.25) is 0 Å². The summed E-state index contributed by atoms with van der Waals surface area (Å²) in [5.41, 5.74) is 0. The van der Waals surface area contributed by atoms with Crippen LogP contribution in [0.4, 0.5) is 0 Å². The van der Waals surface area contributed by atoms with E-state index >= 15 is 0 Å². The highest BCUT2D eigenvalue weighted by Crippen LogP contribution is 2.23. The average molecular weight is 229 g/mol. The van der Waals surface area contributed by atoms with Crippen LogP contribution >= 0.6 is 0 Å². The molecule has 0 heterocycles. The van der Waals surface area contributed by atoms with Crippen LogP contribution in [0.15, 0.2) is 0 Å². The first kappa shape index (κ1) is 13.0. The largest absolute Gasteiger partial charge is 0.480 e. The Kier molecular flexibility index (Phi) is 5.25. The number of ether oxygens (including phenoxy) is 1. The van der Waals surface area contributed by atoms with Gasteiger partial charge in [-0.05, 0) is 31.6 Å². The van der Waals surface area contributed by atoms with Gasteiger partial charge in [0.25, 0.3) is 0 Å². The van der Waals surface area contributed by atoms with Gasteiger partial charge in [-0.15, -0.1) is 0 Å². The maximum atomic E-state index is 11.3. The molecule has 16 heavy (non-hydrogen) atoms. The van der Waals surface area contributed by atoms with Crippen molar-refractivity contribution < 1.29 is 19.4 Å². The number of carbonyl (C=O) groups excluding carboxylic acids is 1. The molecule has 0 aromatic heterocycles. The summed E-state index contributed by atoms with van der Waals surface area (Å²) in [7, 11) is 0. The van der Waals surface area contributed by atoms with Gasteiger partial charge in [0.2, 0.25) is 5.91 Å². The lowest BCUT2D eigenvalue weighted by Crippen LogP contribution is -2.39. The number of hydrogen-bond acceptors (Lipinski definition) is 3. The Bertz CT molecular complexity index is 246. The van der Waals surface area contributed by atoms with E-state index < -0.39 is 12.6 Å². The van der Waals surface area contributed by atoms with E-state index in [1.165, 1.54) is 0 Å². The molecule has 0 aromatic carbocycles. The van der Waals surface area contributed by atoms with Crippen molar-refractivity contribution in [1.29, 1.82) is 0 Å². The van der Waals surface area contributed by atoms with Gasteiger partial charge in [-0.25, -0.2) is 4.79 Å². The molecule has 0 aromatic rings. The molecule has 0 saturated heterocycles. The van der Waals surface area contributed by atoms with E-state index in [1.54, 1.807) is 0 Å². The third kappa shape index (κ3) is 5.11. The Morgan fingerprint density at radius 3 is 2.44 bits per heavy atom. The summed E-state index contributed by atoms with van der Waals surface area (Å²) < 4.78 is 4.71. The first-order valence-electron chi connectivity index (χ1n) is 5.67. The van der Waals surface area contributed by atoms with E-state index in [0.29, 0.717) is 0 Å². The maximum Gasteiger partial charge on any atom is 0.329 e. The number of rotatable bonds is 5. The van der Waals surface area contributed by atoms with Gasteiger partial charge in [-0.2, -0.15) is 0 Å². The van der Waals surface area contributed by atoms with Crippen LogP contribution in [0.25, 0.3) is 0 Å². The van der Waals surface area contributed by atoms with Gasteiger partial charge in [0, 0.05) is 6.04 Å². The molecule has 0 spiro atoms. The maximum absolute atomic E-state index is 11.3. The summed E-state index contributed by atoms with van der Waals surface area (Å²) in [6.07, 6.45) is 4.29. The summed E-state index contributed by atoms with van der Waals surface area (Å²) in [4.78, 5) is 21.5. The van der Waals surface area contributed by atoms with E-state index in [-0.39, 0.29) is 18.6 Å². The van der Waals surface area contributed by atoms with Crippen LogP contribution in [0.3, 0.4) is 0 Å². The van der Waals surface area contributed by atoms with E-state index in [4.69, 9.17) is 9.84 Å². The quantitative estimate of drug-likeness (QED) is 0.730. The second-order valence-corrected chi connectivity index (χ2v) is 4.41. The Labute approximate surface area is 95.2 Å².